The van der Waals surface area contributed by atoms with Gasteiger partial charge in [0.1, 0.15) is 22.9 Å². The first-order valence-electron chi connectivity index (χ1n) is 14.5. The molecule has 0 spiro atoms. The number of hydrogen-bond acceptors (Lipinski definition) is 10. The van der Waals surface area contributed by atoms with E-state index in [1.165, 1.54) is 12.2 Å². The Morgan fingerprint density at radius 2 is 2.05 bits per heavy atom. The van der Waals surface area contributed by atoms with E-state index >= 15 is 4.39 Å². The molecule has 2 fully saturated rings. The first-order chi connectivity index (χ1) is 20.3. The maximum atomic E-state index is 16.5. The van der Waals surface area contributed by atoms with Gasteiger partial charge >= 0.3 is 6.01 Å². The van der Waals surface area contributed by atoms with Crippen molar-refractivity contribution in [2.24, 2.45) is 17.1 Å². The lowest BCUT2D eigenvalue weighted by molar-refractivity contribution is -0.0134. The molecule has 1 saturated heterocycles. The Morgan fingerprint density at radius 3 is 2.74 bits per heavy atom. The van der Waals surface area contributed by atoms with Crippen LogP contribution >= 0.6 is 11.8 Å². The van der Waals surface area contributed by atoms with Crippen LogP contribution in [0.25, 0.3) is 16.5 Å². The highest BCUT2D eigenvalue weighted by atomic mass is 32.2. The summed E-state index contributed by atoms with van der Waals surface area (Å²) in [5, 5.41) is 9.74. The quantitative estimate of drug-likeness (QED) is 0.442. The number of allylic oxidation sites excluding steroid dienone is 4. The summed E-state index contributed by atoms with van der Waals surface area (Å²) in [6, 6.07) is 2.56. The van der Waals surface area contributed by atoms with Crippen molar-refractivity contribution in [2.75, 3.05) is 50.9 Å². The highest BCUT2D eigenvalue weighted by molar-refractivity contribution is 8.04. The largest absolute Gasteiger partial charge is 0.463 e. The number of hydrogen-bond donors (Lipinski definition) is 1. The monoisotopic (exact) mass is 595 g/mol. The van der Waals surface area contributed by atoms with E-state index in [9.17, 15) is 9.65 Å². The maximum Gasteiger partial charge on any atom is 0.319 e. The van der Waals surface area contributed by atoms with Gasteiger partial charge in [-0.05, 0) is 45.3 Å². The molecule has 0 radical (unpaired) electrons. The van der Waals surface area contributed by atoms with E-state index in [1.807, 2.05) is 18.7 Å². The molecule has 2 aliphatic heterocycles. The summed E-state index contributed by atoms with van der Waals surface area (Å²) in [5.74, 6) is -1.26. The molecule has 0 aromatic carbocycles. The van der Waals surface area contributed by atoms with Crippen LogP contribution in [0.2, 0.25) is 0 Å². The summed E-state index contributed by atoms with van der Waals surface area (Å²) in [6.45, 7) is 11.2. The number of thioether (sulfide) groups is 1. The standard InChI is InChI=1S/C30H35F2N7O2S/c1-4-38(5-2)28-20-13-35-24(18-6-7-21(31)26-22(18)19(12-33)27(34)42-26)23(32)25(20)36-29(37-28)41-16-30(8-9-30)15-39-10-11-40-14-17(39)3/h6-7,13,17,22,26H,4-5,8-11,14-16,34H2,1-3H3/t17-,22?,26?/m1/s1. The summed E-state index contributed by atoms with van der Waals surface area (Å²) in [5.41, 5.74) is 6.78. The van der Waals surface area contributed by atoms with E-state index in [4.69, 9.17) is 20.2 Å². The van der Waals surface area contributed by atoms with Crippen molar-refractivity contribution in [3.8, 4) is 12.1 Å². The van der Waals surface area contributed by atoms with E-state index < -0.39 is 22.8 Å². The second kappa shape index (κ2) is 11.4. The number of nitrogens with zero attached hydrogens (tertiary/aromatic N) is 6. The highest BCUT2D eigenvalue weighted by Gasteiger charge is 2.46. The Hall–Kier alpha value is -3.27. The molecule has 0 bridgehead atoms. The summed E-state index contributed by atoms with van der Waals surface area (Å²) in [6.07, 6.45) is 6.43. The smallest absolute Gasteiger partial charge is 0.319 e. The SMILES string of the molecule is CCN(CC)c1nc(OCC2(CN3CCOC[C@H]3C)CC2)nc2c(F)c(C3=CC=C(F)C4SC(N)=C(C#N)C34)ncc12. The van der Waals surface area contributed by atoms with Crippen molar-refractivity contribution in [2.45, 2.75) is 44.9 Å². The molecule has 3 atom stereocenters. The fourth-order valence-electron chi connectivity index (χ4n) is 6.05. The van der Waals surface area contributed by atoms with Gasteiger partial charge in [-0.3, -0.25) is 9.88 Å². The zero-order valence-corrected chi connectivity index (χ0v) is 24.9. The lowest BCUT2D eigenvalue weighted by Crippen LogP contribution is -2.47. The van der Waals surface area contributed by atoms with Gasteiger partial charge in [-0.2, -0.15) is 15.2 Å². The van der Waals surface area contributed by atoms with Crippen LogP contribution in [0.1, 0.15) is 39.3 Å². The Balaban J connectivity index is 1.36. The van der Waals surface area contributed by atoms with Crippen LogP contribution in [-0.4, -0.2) is 77.1 Å². The Morgan fingerprint density at radius 1 is 1.26 bits per heavy atom. The van der Waals surface area contributed by atoms with Gasteiger partial charge in [0.05, 0.1) is 47.1 Å². The minimum atomic E-state index is -0.735. The van der Waals surface area contributed by atoms with Gasteiger partial charge < -0.3 is 20.1 Å². The minimum absolute atomic E-state index is 0.0133. The molecular formula is C30H35F2N7O2S. The molecule has 2 aliphatic carbocycles. The Labute approximate surface area is 248 Å². The molecule has 0 amide bonds. The molecule has 42 heavy (non-hydrogen) atoms. The van der Waals surface area contributed by atoms with E-state index in [0.29, 0.717) is 42.5 Å². The Kier molecular flexibility index (Phi) is 7.85. The van der Waals surface area contributed by atoms with Crippen LogP contribution in [0.3, 0.4) is 0 Å². The van der Waals surface area contributed by atoms with Gasteiger partial charge in [-0.25, -0.2) is 8.78 Å². The molecular weight excluding hydrogens is 560 g/mol. The van der Waals surface area contributed by atoms with E-state index in [2.05, 4.69) is 27.9 Å². The fourth-order valence-corrected chi connectivity index (χ4v) is 7.23. The third-order valence-corrected chi connectivity index (χ3v) is 10.00. The van der Waals surface area contributed by atoms with Gasteiger partial charge in [-0.1, -0.05) is 17.8 Å². The fraction of sp³-hybridized carbons (Fsp3) is 0.533. The summed E-state index contributed by atoms with van der Waals surface area (Å²) in [7, 11) is 0. The molecule has 4 heterocycles. The van der Waals surface area contributed by atoms with E-state index in [1.54, 1.807) is 6.20 Å². The molecule has 222 valence electrons. The normalized spacial score (nSPS) is 25.1. The zero-order valence-electron chi connectivity index (χ0n) is 24.1. The average Bonchev–Trinajstić information content (AvgIpc) is 3.67. The van der Waals surface area contributed by atoms with Crippen LogP contribution in [0.5, 0.6) is 6.01 Å². The molecule has 6 rings (SSSR count). The lowest BCUT2D eigenvalue weighted by atomic mass is 9.83. The number of halogens is 2. The molecule has 4 aliphatic rings. The molecule has 9 nitrogen and oxygen atoms in total. The molecule has 12 heteroatoms. The van der Waals surface area contributed by atoms with Gasteiger partial charge in [0.25, 0.3) is 0 Å². The number of fused-ring (bicyclic) bond motifs is 2. The van der Waals surface area contributed by atoms with Crippen LogP contribution in [0.4, 0.5) is 14.6 Å². The minimum Gasteiger partial charge on any atom is -0.463 e. The van der Waals surface area contributed by atoms with Gasteiger partial charge in [0.2, 0.25) is 0 Å². The second-order valence-corrected chi connectivity index (χ2v) is 12.6. The average molecular weight is 596 g/mol. The third-order valence-electron chi connectivity index (χ3n) is 8.77. The summed E-state index contributed by atoms with van der Waals surface area (Å²) in [4.78, 5) is 18.2. The number of aromatic nitrogens is 3. The maximum absolute atomic E-state index is 16.5. The van der Waals surface area contributed by atoms with E-state index in [0.717, 1.165) is 50.9 Å². The van der Waals surface area contributed by atoms with Gasteiger partial charge in [0, 0.05) is 49.8 Å². The number of pyridine rings is 1. The van der Waals surface area contributed by atoms with Crippen LogP contribution in [0, 0.1) is 28.5 Å². The number of ether oxygens (including phenoxy) is 2. The third kappa shape index (κ3) is 5.12. The molecule has 2 N–H and O–H groups in total. The van der Waals surface area contributed by atoms with Crippen LogP contribution in [0.15, 0.2) is 34.8 Å². The van der Waals surface area contributed by atoms with Crippen LogP contribution in [-0.2, 0) is 4.74 Å². The molecule has 2 aromatic rings. The molecule has 1 saturated carbocycles. The lowest BCUT2D eigenvalue weighted by Gasteiger charge is -2.35. The predicted molar refractivity (Wildman–Crippen MR) is 159 cm³/mol. The van der Waals surface area contributed by atoms with E-state index in [-0.39, 0.29) is 33.2 Å². The molecule has 2 aromatic heterocycles. The molecule has 2 unspecified atom stereocenters. The number of nitrogens with two attached hydrogens (primary N) is 1. The zero-order chi connectivity index (χ0) is 29.6. The topological polar surface area (TPSA) is 113 Å². The summed E-state index contributed by atoms with van der Waals surface area (Å²) >= 11 is 1.08. The predicted octanol–water partition coefficient (Wildman–Crippen LogP) is 4.57. The van der Waals surface area contributed by atoms with Crippen LogP contribution < -0.4 is 15.4 Å². The van der Waals surface area contributed by atoms with Gasteiger partial charge in [-0.15, -0.1) is 0 Å². The number of anilines is 1. The number of morpholine rings is 1. The van der Waals surface area contributed by atoms with Crippen molar-refractivity contribution >= 4 is 34.1 Å². The van der Waals surface area contributed by atoms with Crippen molar-refractivity contribution < 1.29 is 18.3 Å². The Bertz CT molecular complexity index is 1530. The number of nitriles is 1. The summed E-state index contributed by atoms with van der Waals surface area (Å²) < 4.78 is 43.0. The first kappa shape index (κ1) is 28.8. The first-order valence-corrected chi connectivity index (χ1v) is 15.4. The van der Waals surface area contributed by atoms with Crippen molar-refractivity contribution in [3.05, 3.63) is 46.3 Å². The highest BCUT2D eigenvalue weighted by Crippen LogP contribution is 2.51. The van der Waals surface area contributed by atoms with Crippen molar-refractivity contribution in [3.63, 3.8) is 0 Å². The van der Waals surface area contributed by atoms with Crippen molar-refractivity contribution in [1.29, 1.82) is 5.26 Å². The second-order valence-electron chi connectivity index (χ2n) is 11.4. The van der Waals surface area contributed by atoms with Gasteiger partial charge in [0.15, 0.2) is 5.82 Å². The van der Waals surface area contributed by atoms with Crippen molar-refractivity contribution in [1.82, 2.24) is 19.9 Å². The number of rotatable bonds is 9.